The number of ether oxygens (including phenoxy) is 2. The van der Waals surface area contributed by atoms with Crippen molar-refractivity contribution in [1.82, 2.24) is 0 Å². The first-order valence-corrected chi connectivity index (χ1v) is 9.24. The van der Waals surface area contributed by atoms with E-state index in [9.17, 15) is 5.11 Å². The second-order valence-corrected chi connectivity index (χ2v) is 7.90. The summed E-state index contributed by atoms with van der Waals surface area (Å²) in [6, 6.07) is 11.9. The largest absolute Gasteiger partial charge is 0.504 e. The molecule has 0 amide bonds. The smallest absolute Gasteiger partial charge is 0.164 e. The van der Waals surface area contributed by atoms with Crippen LogP contribution in [0.2, 0.25) is 0 Å². The molecule has 4 nitrogen and oxygen atoms in total. The SMILES string of the molecule is CCC(C)(Pc1ccccc1C=NC)c1cc(OC)cc(OC)c1O. The zero-order valence-corrected chi connectivity index (χ0v) is 16.5. The lowest BCUT2D eigenvalue weighted by molar-refractivity contribution is 0.357. The summed E-state index contributed by atoms with van der Waals surface area (Å²) in [5.74, 6) is 1.29. The predicted octanol–water partition coefficient (Wildman–Crippen LogP) is 4.09. The monoisotopic (exact) mass is 359 g/mol. The van der Waals surface area contributed by atoms with E-state index in [0.29, 0.717) is 20.1 Å². The maximum atomic E-state index is 10.7. The van der Waals surface area contributed by atoms with Crippen LogP contribution < -0.4 is 14.8 Å². The Morgan fingerprint density at radius 3 is 2.52 bits per heavy atom. The molecule has 2 unspecified atom stereocenters. The van der Waals surface area contributed by atoms with Gasteiger partial charge in [-0.1, -0.05) is 46.7 Å². The standard InChI is InChI=1S/C20H26NO3P/c1-6-20(2,25-18-10-8-7-9-14(18)13-21-3)16-11-15(23-4)12-17(24-5)19(16)22/h7-13,22,25H,6H2,1-5H3. The molecule has 0 aliphatic rings. The van der Waals surface area contributed by atoms with Crippen LogP contribution in [0.4, 0.5) is 0 Å². The highest BCUT2D eigenvalue weighted by Gasteiger charge is 2.31. The molecule has 0 saturated heterocycles. The first kappa shape index (κ1) is 19.3. The average molecular weight is 359 g/mol. The van der Waals surface area contributed by atoms with Crippen molar-refractivity contribution < 1.29 is 14.6 Å². The Morgan fingerprint density at radius 1 is 1.20 bits per heavy atom. The molecule has 1 N–H and O–H groups in total. The van der Waals surface area contributed by atoms with E-state index in [-0.39, 0.29) is 10.9 Å². The third-order valence-corrected chi connectivity index (χ3v) is 6.34. The Balaban J connectivity index is 2.54. The van der Waals surface area contributed by atoms with Gasteiger partial charge in [0.15, 0.2) is 11.5 Å². The van der Waals surface area contributed by atoms with Crippen molar-refractivity contribution in [2.75, 3.05) is 21.3 Å². The maximum Gasteiger partial charge on any atom is 0.164 e. The van der Waals surface area contributed by atoms with Crippen molar-refractivity contribution in [1.29, 1.82) is 0 Å². The van der Waals surface area contributed by atoms with Gasteiger partial charge in [-0.25, -0.2) is 0 Å². The summed E-state index contributed by atoms with van der Waals surface area (Å²) >= 11 is 0. The predicted molar refractivity (Wildman–Crippen MR) is 107 cm³/mol. The number of aromatic hydroxyl groups is 1. The van der Waals surface area contributed by atoms with Gasteiger partial charge in [-0.3, -0.25) is 4.99 Å². The Kier molecular flexibility index (Phi) is 6.44. The van der Waals surface area contributed by atoms with Gasteiger partial charge in [-0.2, -0.15) is 0 Å². The number of phenolic OH excluding ortho intramolecular Hbond substituents is 1. The minimum atomic E-state index is -0.246. The van der Waals surface area contributed by atoms with E-state index < -0.39 is 0 Å². The molecule has 0 bridgehead atoms. The van der Waals surface area contributed by atoms with Gasteiger partial charge >= 0.3 is 0 Å². The highest BCUT2D eigenvalue weighted by molar-refractivity contribution is 7.48. The van der Waals surface area contributed by atoms with Crippen LogP contribution in [-0.2, 0) is 5.16 Å². The van der Waals surface area contributed by atoms with E-state index in [1.807, 2.05) is 24.4 Å². The molecule has 0 aliphatic heterocycles. The molecule has 0 spiro atoms. The molecule has 2 aromatic rings. The lowest BCUT2D eigenvalue weighted by Gasteiger charge is -2.31. The Hall–Kier alpha value is -2.06. The number of hydrogen-bond acceptors (Lipinski definition) is 4. The van der Waals surface area contributed by atoms with E-state index in [0.717, 1.165) is 17.5 Å². The number of rotatable bonds is 7. The van der Waals surface area contributed by atoms with Gasteiger partial charge in [0, 0.05) is 30.0 Å². The summed E-state index contributed by atoms with van der Waals surface area (Å²) in [4.78, 5) is 4.16. The first-order chi connectivity index (χ1) is 12.0. The lowest BCUT2D eigenvalue weighted by atomic mass is 9.95. The minimum Gasteiger partial charge on any atom is -0.504 e. The van der Waals surface area contributed by atoms with Gasteiger partial charge in [-0.05, 0) is 23.4 Å². The summed E-state index contributed by atoms with van der Waals surface area (Å²) in [7, 11) is 5.41. The van der Waals surface area contributed by atoms with Crippen LogP contribution >= 0.6 is 8.58 Å². The van der Waals surface area contributed by atoms with Crippen molar-refractivity contribution in [3.8, 4) is 17.2 Å². The number of aliphatic imine (C=N–C) groups is 1. The summed E-state index contributed by atoms with van der Waals surface area (Å²) in [5, 5.41) is 11.7. The molecule has 0 radical (unpaired) electrons. The molecule has 0 aliphatic carbocycles. The van der Waals surface area contributed by atoms with Crippen LogP contribution in [0.15, 0.2) is 41.4 Å². The molecule has 2 atom stereocenters. The Labute approximate surface area is 151 Å². The van der Waals surface area contributed by atoms with Crippen molar-refractivity contribution >= 4 is 20.1 Å². The van der Waals surface area contributed by atoms with Crippen molar-refractivity contribution in [2.24, 2.45) is 4.99 Å². The molecule has 0 fully saturated rings. The minimum absolute atomic E-state index is 0.182. The van der Waals surface area contributed by atoms with E-state index >= 15 is 0 Å². The number of nitrogens with zero attached hydrogens (tertiary/aromatic N) is 1. The fraction of sp³-hybridized carbons (Fsp3) is 0.350. The summed E-state index contributed by atoms with van der Waals surface area (Å²) in [6.45, 7) is 4.30. The van der Waals surface area contributed by atoms with Crippen LogP contribution in [0.5, 0.6) is 17.2 Å². The maximum absolute atomic E-state index is 10.7. The van der Waals surface area contributed by atoms with E-state index in [1.54, 1.807) is 27.3 Å². The highest BCUT2D eigenvalue weighted by Crippen LogP contribution is 2.50. The molecule has 0 heterocycles. The zero-order valence-electron chi connectivity index (χ0n) is 15.5. The fourth-order valence-electron chi connectivity index (χ4n) is 2.78. The summed E-state index contributed by atoms with van der Waals surface area (Å²) < 4.78 is 10.7. The molecule has 134 valence electrons. The molecule has 0 saturated carbocycles. The summed E-state index contributed by atoms with van der Waals surface area (Å²) in [5.41, 5.74) is 1.95. The third-order valence-electron chi connectivity index (χ3n) is 4.45. The highest BCUT2D eigenvalue weighted by atomic mass is 31.1. The first-order valence-electron chi connectivity index (χ1n) is 8.24. The molecule has 0 aromatic heterocycles. The van der Waals surface area contributed by atoms with E-state index in [2.05, 4.69) is 31.0 Å². The van der Waals surface area contributed by atoms with Gasteiger partial charge < -0.3 is 14.6 Å². The second-order valence-electron chi connectivity index (χ2n) is 6.01. The fourth-order valence-corrected chi connectivity index (χ4v) is 4.35. The van der Waals surface area contributed by atoms with Crippen LogP contribution in [0, 0.1) is 0 Å². The number of benzene rings is 2. The van der Waals surface area contributed by atoms with Crippen molar-refractivity contribution in [3.63, 3.8) is 0 Å². The molecule has 2 aromatic carbocycles. The molecule has 5 heteroatoms. The average Bonchev–Trinajstić information content (AvgIpc) is 2.63. The van der Waals surface area contributed by atoms with E-state index in [4.69, 9.17) is 9.47 Å². The molecule has 2 rings (SSSR count). The normalized spacial score (nSPS) is 14.1. The molecule has 25 heavy (non-hydrogen) atoms. The van der Waals surface area contributed by atoms with Gasteiger partial charge in [0.05, 0.1) is 14.2 Å². The lowest BCUT2D eigenvalue weighted by Crippen LogP contribution is -2.20. The van der Waals surface area contributed by atoms with Crippen LogP contribution in [0.25, 0.3) is 0 Å². The van der Waals surface area contributed by atoms with Crippen LogP contribution in [-0.4, -0.2) is 32.6 Å². The topological polar surface area (TPSA) is 51.0 Å². The van der Waals surface area contributed by atoms with Crippen LogP contribution in [0.3, 0.4) is 0 Å². The second kappa shape index (κ2) is 8.35. The van der Waals surface area contributed by atoms with Crippen LogP contribution in [0.1, 0.15) is 31.4 Å². The zero-order chi connectivity index (χ0) is 18.4. The van der Waals surface area contributed by atoms with Gasteiger partial charge in [0.1, 0.15) is 5.75 Å². The number of hydrogen-bond donors (Lipinski definition) is 1. The van der Waals surface area contributed by atoms with Gasteiger partial charge in [0.25, 0.3) is 0 Å². The number of methoxy groups -OCH3 is 2. The molecular formula is C20H26NO3P. The van der Waals surface area contributed by atoms with Gasteiger partial charge in [0.2, 0.25) is 0 Å². The Morgan fingerprint density at radius 2 is 1.92 bits per heavy atom. The van der Waals surface area contributed by atoms with E-state index in [1.165, 1.54) is 5.30 Å². The quantitative estimate of drug-likeness (QED) is 0.598. The third kappa shape index (κ3) is 4.13. The van der Waals surface area contributed by atoms with Crippen molar-refractivity contribution in [3.05, 3.63) is 47.5 Å². The summed E-state index contributed by atoms with van der Waals surface area (Å²) in [6.07, 6.45) is 2.75. The van der Waals surface area contributed by atoms with Gasteiger partial charge in [-0.15, -0.1) is 0 Å². The Bertz CT molecular complexity index is 761. The van der Waals surface area contributed by atoms with Crippen molar-refractivity contribution in [2.45, 2.75) is 25.4 Å². The molecular weight excluding hydrogens is 333 g/mol. The number of phenols is 1.